The summed E-state index contributed by atoms with van der Waals surface area (Å²) in [6.07, 6.45) is 8.57. The van der Waals surface area contributed by atoms with Crippen molar-refractivity contribution in [1.82, 2.24) is 15.4 Å². The molecule has 1 aromatic rings. The van der Waals surface area contributed by atoms with Crippen LogP contribution in [0.2, 0.25) is 0 Å². The first-order valence-electron chi connectivity index (χ1n) is 5.46. The molecule has 16 heavy (non-hydrogen) atoms. The predicted molar refractivity (Wildman–Crippen MR) is 69.5 cm³/mol. The van der Waals surface area contributed by atoms with E-state index in [2.05, 4.69) is 48.3 Å². The monoisotopic (exact) mass is 237 g/mol. The van der Waals surface area contributed by atoms with Crippen molar-refractivity contribution in [3.63, 3.8) is 0 Å². The normalized spacial score (nSPS) is 11.6. The highest BCUT2D eigenvalue weighted by Crippen LogP contribution is 2.14. The third-order valence-electron chi connectivity index (χ3n) is 2.15. The van der Waals surface area contributed by atoms with Crippen LogP contribution in [0.25, 0.3) is 0 Å². The minimum Gasteiger partial charge on any atom is -0.197 e. The molecule has 0 unspecified atom stereocenters. The lowest BCUT2D eigenvalue weighted by molar-refractivity contribution is 0.911. The molecule has 0 atom stereocenters. The van der Waals surface area contributed by atoms with Crippen molar-refractivity contribution >= 4 is 11.8 Å². The van der Waals surface area contributed by atoms with Gasteiger partial charge in [-0.2, -0.15) is 10.3 Å². The van der Waals surface area contributed by atoms with Gasteiger partial charge in [-0.3, -0.25) is 0 Å². The summed E-state index contributed by atoms with van der Waals surface area (Å²) in [5.74, 6) is 0.965. The highest BCUT2D eigenvalue weighted by Gasteiger charge is 1.94. The number of aromatic nitrogens is 3. The van der Waals surface area contributed by atoms with Crippen molar-refractivity contribution in [2.75, 3.05) is 5.75 Å². The van der Waals surface area contributed by atoms with E-state index in [1.165, 1.54) is 11.1 Å². The van der Waals surface area contributed by atoms with Gasteiger partial charge in [0, 0.05) is 5.75 Å². The number of allylic oxidation sites excluding steroid dienone is 3. The second kappa shape index (κ2) is 7.28. The number of rotatable bonds is 6. The van der Waals surface area contributed by atoms with Crippen molar-refractivity contribution in [2.45, 2.75) is 38.6 Å². The minimum atomic E-state index is 0.952. The topological polar surface area (TPSA) is 41.6 Å². The zero-order chi connectivity index (χ0) is 11.8. The molecule has 0 amide bonds. The van der Waals surface area contributed by atoms with Crippen LogP contribution in [-0.2, 0) is 0 Å². The fourth-order valence-corrected chi connectivity index (χ4v) is 1.99. The molecular weight excluding hydrogens is 218 g/mol. The maximum absolute atomic E-state index is 3.99. The van der Waals surface area contributed by atoms with Crippen LogP contribution >= 0.6 is 11.8 Å². The van der Waals surface area contributed by atoms with Crippen molar-refractivity contribution in [3.8, 4) is 0 Å². The van der Waals surface area contributed by atoms with E-state index in [1.807, 2.05) is 0 Å². The highest BCUT2D eigenvalue weighted by atomic mass is 32.2. The standard InChI is InChI=1S/C12H19N3S/c1-10(2)5-4-6-11(3)7-8-16-12-9-13-15-14-12/h5,7,9H,4,6,8H2,1-3H3,(H,13,14,15)/b11-7+. The van der Waals surface area contributed by atoms with E-state index >= 15 is 0 Å². The predicted octanol–water partition coefficient (Wildman–Crippen LogP) is 3.59. The quantitative estimate of drug-likeness (QED) is 0.607. The second-order valence-electron chi connectivity index (χ2n) is 3.99. The van der Waals surface area contributed by atoms with Crippen molar-refractivity contribution in [1.29, 1.82) is 0 Å². The summed E-state index contributed by atoms with van der Waals surface area (Å²) >= 11 is 1.70. The molecule has 0 spiro atoms. The number of thioether (sulfide) groups is 1. The van der Waals surface area contributed by atoms with Gasteiger partial charge in [-0.1, -0.05) is 35.1 Å². The first-order chi connectivity index (χ1) is 7.68. The molecule has 1 rings (SSSR count). The Morgan fingerprint density at radius 2 is 2.19 bits per heavy atom. The van der Waals surface area contributed by atoms with Gasteiger partial charge >= 0.3 is 0 Å². The number of hydrogen-bond acceptors (Lipinski definition) is 3. The number of nitrogens with one attached hydrogen (secondary N) is 1. The van der Waals surface area contributed by atoms with Crippen LogP contribution in [-0.4, -0.2) is 21.2 Å². The summed E-state index contributed by atoms with van der Waals surface area (Å²) in [6, 6.07) is 0. The van der Waals surface area contributed by atoms with Gasteiger partial charge in [0.25, 0.3) is 0 Å². The van der Waals surface area contributed by atoms with Gasteiger partial charge in [-0.15, -0.1) is 5.10 Å². The summed E-state index contributed by atoms with van der Waals surface area (Å²) in [4.78, 5) is 0. The van der Waals surface area contributed by atoms with E-state index in [1.54, 1.807) is 18.0 Å². The summed E-state index contributed by atoms with van der Waals surface area (Å²) in [6.45, 7) is 6.46. The van der Waals surface area contributed by atoms with E-state index in [4.69, 9.17) is 0 Å². The van der Waals surface area contributed by atoms with Gasteiger partial charge in [0.1, 0.15) is 5.03 Å². The van der Waals surface area contributed by atoms with Gasteiger partial charge in [0.2, 0.25) is 0 Å². The van der Waals surface area contributed by atoms with Gasteiger partial charge in [-0.25, -0.2) is 0 Å². The van der Waals surface area contributed by atoms with E-state index < -0.39 is 0 Å². The molecule has 0 aliphatic heterocycles. The number of aromatic amines is 1. The number of nitrogens with zero attached hydrogens (tertiary/aromatic N) is 2. The third-order valence-corrected chi connectivity index (χ3v) is 2.97. The van der Waals surface area contributed by atoms with Crippen LogP contribution in [0.15, 0.2) is 34.5 Å². The van der Waals surface area contributed by atoms with Crippen LogP contribution < -0.4 is 0 Å². The Hall–Kier alpha value is -1.03. The SMILES string of the molecule is CC(C)=CCC/C(C)=C/CSc1cn[nH]n1. The Labute approximate surface area is 101 Å². The lowest BCUT2D eigenvalue weighted by Crippen LogP contribution is -1.80. The Bertz CT molecular complexity index is 348. The average Bonchev–Trinajstić information content (AvgIpc) is 2.70. The lowest BCUT2D eigenvalue weighted by atomic mass is 10.1. The maximum atomic E-state index is 3.99. The molecule has 1 aromatic heterocycles. The van der Waals surface area contributed by atoms with Gasteiger partial charge < -0.3 is 0 Å². The molecule has 1 N–H and O–H groups in total. The molecule has 88 valence electrons. The average molecular weight is 237 g/mol. The molecule has 0 aromatic carbocycles. The maximum Gasteiger partial charge on any atom is 0.138 e. The molecular formula is C12H19N3S. The molecule has 0 radical (unpaired) electrons. The molecule has 1 heterocycles. The number of hydrogen-bond donors (Lipinski definition) is 1. The zero-order valence-electron chi connectivity index (χ0n) is 10.2. The van der Waals surface area contributed by atoms with Crippen LogP contribution in [0.4, 0.5) is 0 Å². The van der Waals surface area contributed by atoms with Crippen molar-refractivity contribution < 1.29 is 0 Å². The molecule has 4 heteroatoms. The van der Waals surface area contributed by atoms with Crippen LogP contribution in [0.3, 0.4) is 0 Å². The fourth-order valence-electron chi connectivity index (χ4n) is 1.22. The van der Waals surface area contributed by atoms with Gasteiger partial charge in [-0.05, 0) is 33.6 Å². The van der Waals surface area contributed by atoms with E-state index in [-0.39, 0.29) is 0 Å². The highest BCUT2D eigenvalue weighted by molar-refractivity contribution is 7.99. The first-order valence-corrected chi connectivity index (χ1v) is 6.44. The van der Waals surface area contributed by atoms with Crippen LogP contribution in [0.5, 0.6) is 0 Å². The minimum absolute atomic E-state index is 0.952. The second-order valence-corrected chi connectivity index (χ2v) is 5.03. The lowest BCUT2D eigenvalue weighted by Gasteiger charge is -1.98. The summed E-state index contributed by atoms with van der Waals surface area (Å²) in [5.41, 5.74) is 2.83. The van der Waals surface area contributed by atoms with Crippen LogP contribution in [0, 0.1) is 0 Å². The molecule has 3 nitrogen and oxygen atoms in total. The smallest absolute Gasteiger partial charge is 0.138 e. The van der Waals surface area contributed by atoms with E-state index in [0.29, 0.717) is 0 Å². The Kier molecular flexibility index (Phi) is 5.93. The molecule has 0 saturated carbocycles. The zero-order valence-corrected chi connectivity index (χ0v) is 11.0. The van der Waals surface area contributed by atoms with E-state index in [9.17, 15) is 0 Å². The van der Waals surface area contributed by atoms with Crippen molar-refractivity contribution in [3.05, 3.63) is 29.5 Å². The third kappa shape index (κ3) is 5.75. The Balaban J connectivity index is 2.21. The molecule has 0 fully saturated rings. The Morgan fingerprint density at radius 3 is 2.81 bits per heavy atom. The summed E-state index contributed by atoms with van der Waals surface area (Å²) in [7, 11) is 0. The van der Waals surface area contributed by atoms with Crippen molar-refractivity contribution in [2.24, 2.45) is 0 Å². The summed E-state index contributed by atoms with van der Waals surface area (Å²) < 4.78 is 0. The number of H-pyrrole nitrogens is 1. The largest absolute Gasteiger partial charge is 0.197 e. The molecule has 0 aliphatic carbocycles. The van der Waals surface area contributed by atoms with Crippen LogP contribution in [0.1, 0.15) is 33.6 Å². The molecule has 0 saturated heterocycles. The summed E-state index contributed by atoms with van der Waals surface area (Å²) in [5, 5.41) is 11.3. The van der Waals surface area contributed by atoms with E-state index in [0.717, 1.165) is 23.6 Å². The first kappa shape index (κ1) is 13.0. The Morgan fingerprint density at radius 1 is 1.38 bits per heavy atom. The molecule has 0 aliphatic rings. The fraction of sp³-hybridized carbons (Fsp3) is 0.500. The van der Waals surface area contributed by atoms with Gasteiger partial charge in [0.05, 0.1) is 6.20 Å². The van der Waals surface area contributed by atoms with Gasteiger partial charge in [0.15, 0.2) is 0 Å². The molecule has 0 bridgehead atoms.